The molecule has 2 aromatic rings. The molecule has 0 saturated carbocycles. The van der Waals surface area contributed by atoms with Crippen molar-refractivity contribution in [3.05, 3.63) is 58.1 Å². The van der Waals surface area contributed by atoms with Crippen LogP contribution in [0.3, 0.4) is 0 Å². The molecule has 0 fully saturated rings. The van der Waals surface area contributed by atoms with Gasteiger partial charge in [0.2, 0.25) is 0 Å². The predicted molar refractivity (Wildman–Crippen MR) is 80.0 cm³/mol. The van der Waals surface area contributed by atoms with Gasteiger partial charge in [-0.25, -0.2) is 0 Å². The Morgan fingerprint density at radius 1 is 1.20 bits per heavy atom. The highest BCUT2D eigenvalue weighted by Gasteiger charge is 2.14. The smallest absolute Gasteiger partial charge is 0.175 e. The minimum absolute atomic E-state index is 0.0876. The van der Waals surface area contributed by atoms with E-state index in [1.807, 2.05) is 32.0 Å². The van der Waals surface area contributed by atoms with Gasteiger partial charge >= 0.3 is 0 Å². The van der Waals surface area contributed by atoms with Crippen molar-refractivity contribution in [2.45, 2.75) is 13.8 Å². The van der Waals surface area contributed by atoms with Crippen molar-refractivity contribution in [3.63, 3.8) is 0 Å². The fourth-order valence-electron chi connectivity index (χ4n) is 1.92. The van der Waals surface area contributed by atoms with Crippen LogP contribution in [0.25, 0.3) is 0 Å². The maximum absolute atomic E-state index is 8.84. The van der Waals surface area contributed by atoms with E-state index in [1.165, 1.54) is 0 Å². The lowest BCUT2D eigenvalue weighted by molar-refractivity contribution is 0.318. The zero-order chi connectivity index (χ0) is 14.7. The number of ether oxygens (including phenoxy) is 1. The maximum Gasteiger partial charge on any atom is 0.175 e. The molecule has 0 aromatic heterocycles. The number of rotatable bonds is 3. The fraction of sp³-hybridized carbons (Fsp3) is 0.133. The highest BCUT2D eigenvalue weighted by atomic mass is 35.5. The van der Waals surface area contributed by atoms with Gasteiger partial charge in [0.1, 0.15) is 11.5 Å². The summed E-state index contributed by atoms with van der Waals surface area (Å²) in [5, 5.41) is 12.2. The minimum Gasteiger partial charge on any atom is -0.456 e. The Bertz CT molecular complexity index is 669. The molecule has 0 bridgehead atoms. The summed E-state index contributed by atoms with van der Waals surface area (Å²) in [5.74, 6) is 1.06. The van der Waals surface area contributed by atoms with Gasteiger partial charge in [-0.2, -0.15) is 0 Å². The molecule has 0 aliphatic heterocycles. The molecule has 2 rings (SSSR count). The molecule has 0 aliphatic carbocycles. The van der Waals surface area contributed by atoms with E-state index < -0.39 is 0 Å². The Hall–Kier alpha value is -2.20. The quantitative estimate of drug-likeness (QED) is 0.390. The summed E-state index contributed by atoms with van der Waals surface area (Å²) in [6.45, 7) is 3.97. The van der Waals surface area contributed by atoms with E-state index in [-0.39, 0.29) is 5.84 Å². The lowest BCUT2D eigenvalue weighted by atomic mass is 10.1. The SMILES string of the molecule is Cc1ccc(Oc2cccc(Cl)c2C(N)=NO)c(C)c1. The van der Waals surface area contributed by atoms with E-state index in [2.05, 4.69) is 5.16 Å². The standard InChI is InChI=1S/C15H15ClN2O2/c1-9-6-7-12(10(2)8-9)20-13-5-3-4-11(16)14(13)15(17)18-19/h3-8,19H,1-2H3,(H2,17,18). The molecule has 104 valence electrons. The lowest BCUT2D eigenvalue weighted by Crippen LogP contribution is -2.15. The van der Waals surface area contributed by atoms with Crippen molar-refractivity contribution < 1.29 is 9.94 Å². The van der Waals surface area contributed by atoms with Gasteiger partial charge < -0.3 is 15.7 Å². The first-order valence-corrected chi connectivity index (χ1v) is 6.42. The van der Waals surface area contributed by atoms with E-state index in [4.69, 9.17) is 27.3 Å². The van der Waals surface area contributed by atoms with Gasteiger partial charge in [-0.05, 0) is 37.6 Å². The number of nitrogens with zero attached hydrogens (tertiary/aromatic N) is 1. The van der Waals surface area contributed by atoms with Crippen molar-refractivity contribution in [1.29, 1.82) is 0 Å². The number of aryl methyl sites for hydroxylation is 2. The minimum atomic E-state index is -0.0876. The Balaban J connectivity index is 2.46. The summed E-state index contributed by atoms with van der Waals surface area (Å²) in [7, 11) is 0. The first-order chi connectivity index (χ1) is 9.52. The van der Waals surface area contributed by atoms with Crippen LogP contribution in [0.15, 0.2) is 41.6 Å². The van der Waals surface area contributed by atoms with Gasteiger partial charge in [0.05, 0.1) is 10.6 Å². The summed E-state index contributed by atoms with van der Waals surface area (Å²) >= 11 is 6.08. The monoisotopic (exact) mass is 290 g/mol. The Morgan fingerprint density at radius 2 is 1.95 bits per heavy atom. The van der Waals surface area contributed by atoms with Crippen LogP contribution in [0, 0.1) is 13.8 Å². The Kier molecular flexibility index (Phi) is 4.15. The summed E-state index contributed by atoms with van der Waals surface area (Å²) in [4.78, 5) is 0. The summed E-state index contributed by atoms with van der Waals surface area (Å²) in [6, 6.07) is 11.0. The molecule has 0 saturated heterocycles. The number of benzene rings is 2. The summed E-state index contributed by atoms with van der Waals surface area (Å²) < 4.78 is 5.84. The van der Waals surface area contributed by atoms with Crippen LogP contribution in [0.1, 0.15) is 16.7 Å². The van der Waals surface area contributed by atoms with Crippen LogP contribution >= 0.6 is 11.6 Å². The molecule has 4 nitrogen and oxygen atoms in total. The topological polar surface area (TPSA) is 67.8 Å². The summed E-state index contributed by atoms with van der Waals surface area (Å²) in [6.07, 6.45) is 0. The zero-order valence-corrected chi connectivity index (χ0v) is 12.0. The summed E-state index contributed by atoms with van der Waals surface area (Å²) in [5.41, 5.74) is 8.17. The average Bonchev–Trinajstić information content (AvgIpc) is 2.41. The highest BCUT2D eigenvalue weighted by Crippen LogP contribution is 2.32. The van der Waals surface area contributed by atoms with Gasteiger partial charge in [0, 0.05) is 0 Å². The Morgan fingerprint density at radius 3 is 2.60 bits per heavy atom. The second-order valence-electron chi connectivity index (χ2n) is 4.47. The first kappa shape index (κ1) is 14.2. The van der Waals surface area contributed by atoms with Gasteiger partial charge in [-0.3, -0.25) is 0 Å². The third-order valence-electron chi connectivity index (χ3n) is 2.89. The van der Waals surface area contributed by atoms with Crippen molar-refractivity contribution in [2.75, 3.05) is 0 Å². The van der Waals surface area contributed by atoms with Gasteiger partial charge in [0.25, 0.3) is 0 Å². The van der Waals surface area contributed by atoms with E-state index in [9.17, 15) is 0 Å². The van der Waals surface area contributed by atoms with Gasteiger partial charge in [0.15, 0.2) is 5.84 Å². The molecule has 0 heterocycles. The van der Waals surface area contributed by atoms with Crippen LogP contribution in [0.4, 0.5) is 0 Å². The van der Waals surface area contributed by atoms with E-state index in [0.29, 0.717) is 22.1 Å². The van der Waals surface area contributed by atoms with Gasteiger partial charge in [-0.1, -0.05) is 40.5 Å². The predicted octanol–water partition coefficient (Wildman–Crippen LogP) is 3.84. The number of hydrogen-bond donors (Lipinski definition) is 2. The third-order valence-corrected chi connectivity index (χ3v) is 3.20. The average molecular weight is 291 g/mol. The molecule has 2 aromatic carbocycles. The Labute approximate surface area is 122 Å². The van der Waals surface area contributed by atoms with Crippen molar-refractivity contribution in [1.82, 2.24) is 0 Å². The van der Waals surface area contributed by atoms with E-state index in [0.717, 1.165) is 11.1 Å². The number of amidine groups is 1. The van der Waals surface area contributed by atoms with Crippen LogP contribution in [-0.4, -0.2) is 11.0 Å². The fourth-order valence-corrected chi connectivity index (χ4v) is 2.18. The molecule has 5 heteroatoms. The molecule has 0 aliphatic rings. The second-order valence-corrected chi connectivity index (χ2v) is 4.88. The molecule has 0 amide bonds. The van der Waals surface area contributed by atoms with E-state index >= 15 is 0 Å². The van der Waals surface area contributed by atoms with Crippen molar-refractivity contribution in [3.8, 4) is 11.5 Å². The number of oxime groups is 1. The van der Waals surface area contributed by atoms with Crippen LogP contribution < -0.4 is 10.5 Å². The number of halogens is 1. The maximum atomic E-state index is 8.84. The zero-order valence-electron chi connectivity index (χ0n) is 11.2. The molecule has 0 spiro atoms. The van der Waals surface area contributed by atoms with Crippen molar-refractivity contribution >= 4 is 17.4 Å². The molecule has 0 radical (unpaired) electrons. The third kappa shape index (κ3) is 2.86. The van der Waals surface area contributed by atoms with Gasteiger partial charge in [-0.15, -0.1) is 0 Å². The molecule has 0 atom stereocenters. The lowest BCUT2D eigenvalue weighted by Gasteiger charge is -2.13. The van der Waals surface area contributed by atoms with Crippen LogP contribution in [0.2, 0.25) is 5.02 Å². The van der Waals surface area contributed by atoms with Crippen LogP contribution in [0.5, 0.6) is 11.5 Å². The van der Waals surface area contributed by atoms with E-state index in [1.54, 1.807) is 18.2 Å². The number of nitrogens with two attached hydrogens (primary N) is 1. The molecular formula is C15H15ClN2O2. The molecule has 20 heavy (non-hydrogen) atoms. The molecular weight excluding hydrogens is 276 g/mol. The second kappa shape index (κ2) is 5.84. The highest BCUT2D eigenvalue weighted by molar-refractivity contribution is 6.34. The van der Waals surface area contributed by atoms with Crippen molar-refractivity contribution in [2.24, 2.45) is 10.9 Å². The largest absolute Gasteiger partial charge is 0.456 e. The normalized spacial score (nSPS) is 11.4. The molecule has 3 N–H and O–H groups in total. The number of hydrogen-bond acceptors (Lipinski definition) is 3. The molecule has 0 unspecified atom stereocenters. The first-order valence-electron chi connectivity index (χ1n) is 6.04. The van der Waals surface area contributed by atoms with Crippen LogP contribution in [-0.2, 0) is 0 Å².